The number of carbonyl (C=O) groups excluding carboxylic acids is 1. The molecule has 178 valence electrons. The summed E-state index contributed by atoms with van der Waals surface area (Å²) in [6.07, 6.45) is 5.00. The number of alkyl halides is 1. The molecule has 0 fully saturated rings. The number of aromatic nitrogens is 1. The second-order valence-electron chi connectivity index (χ2n) is 7.26. The number of benzene rings is 1. The number of allylic oxidation sites excluding steroid dienone is 1. The van der Waals surface area contributed by atoms with E-state index in [1.54, 1.807) is 18.0 Å². The molecule has 0 bridgehead atoms. The van der Waals surface area contributed by atoms with Gasteiger partial charge < -0.3 is 20.9 Å². The number of anilines is 1. The lowest BCUT2D eigenvalue weighted by atomic mass is 10.2. The number of amides is 1. The van der Waals surface area contributed by atoms with Gasteiger partial charge in [0.15, 0.2) is 0 Å². The maximum Gasteiger partial charge on any atom is 0.268 e. The van der Waals surface area contributed by atoms with Crippen LogP contribution in [0.5, 0.6) is 0 Å². The molecular formula is C24H33ClN6OS. The molecule has 9 heteroatoms. The van der Waals surface area contributed by atoms with E-state index < -0.39 is 0 Å². The van der Waals surface area contributed by atoms with Crippen molar-refractivity contribution in [1.29, 1.82) is 0 Å². The maximum absolute atomic E-state index is 12.8. The molecule has 0 radical (unpaired) electrons. The average molecular weight is 489 g/mol. The van der Waals surface area contributed by atoms with Crippen molar-refractivity contribution >= 4 is 40.9 Å². The lowest BCUT2D eigenvalue weighted by Gasteiger charge is -2.24. The molecule has 3 rings (SSSR count). The van der Waals surface area contributed by atoms with Gasteiger partial charge in [-0.25, -0.2) is 4.31 Å². The molecule has 0 spiro atoms. The summed E-state index contributed by atoms with van der Waals surface area (Å²) in [6.45, 7) is 8.20. The number of nitrogens with one attached hydrogen (secondary N) is 2. The van der Waals surface area contributed by atoms with E-state index in [4.69, 9.17) is 17.3 Å². The van der Waals surface area contributed by atoms with Gasteiger partial charge in [0.2, 0.25) is 0 Å². The SMILES string of the molecule is C=CCCl.CNc1ccccc1CNC(=O)c1cc(SN2CCN=C(/C=C\N)C2)c(C)n1C. The highest BCUT2D eigenvalue weighted by Crippen LogP contribution is 2.29. The van der Waals surface area contributed by atoms with Gasteiger partial charge in [-0.3, -0.25) is 9.79 Å². The second-order valence-corrected chi connectivity index (χ2v) is 8.71. The van der Waals surface area contributed by atoms with E-state index in [2.05, 4.69) is 26.5 Å². The number of hydrogen-bond acceptors (Lipinski definition) is 6. The molecule has 2 heterocycles. The zero-order valence-corrected chi connectivity index (χ0v) is 21.0. The Labute approximate surface area is 205 Å². The van der Waals surface area contributed by atoms with E-state index in [1.807, 2.05) is 62.0 Å². The molecule has 0 saturated carbocycles. The largest absolute Gasteiger partial charge is 0.405 e. The molecule has 1 aromatic carbocycles. The van der Waals surface area contributed by atoms with Crippen LogP contribution >= 0.6 is 23.5 Å². The number of halogens is 1. The number of carbonyl (C=O) groups is 1. The Hall–Kier alpha value is -2.68. The van der Waals surface area contributed by atoms with E-state index in [-0.39, 0.29) is 5.91 Å². The van der Waals surface area contributed by atoms with Crippen LogP contribution in [0.4, 0.5) is 5.69 Å². The van der Waals surface area contributed by atoms with Crippen molar-refractivity contribution in [2.45, 2.75) is 18.4 Å². The predicted molar refractivity (Wildman–Crippen MR) is 141 cm³/mol. The molecule has 0 unspecified atom stereocenters. The van der Waals surface area contributed by atoms with Gasteiger partial charge in [0.25, 0.3) is 5.91 Å². The fourth-order valence-electron chi connectivity index (χ4n) is 3.21. The van der Waals surface area contributed by atoms with Gasteiger partial charge in [0.05, 0.1) is 18.8 Å². The molecule has 0 saturated heterocycles. The quantitative estimate of drug-likeness (QED) is 0.297. The highest BCUT2D eigenvalue weighted by molar-refractivity contribution is 7.97. The summed E-state index contributed by atoms with van der Waals surface area (Å²) in [5.74, 6) is 0.473. The summed E-state index contributed by atoms with van der Waals surface area (Å²) >= 11 is 6.73. The van der Waals surface area contributed by atoms with E-state index in [0.717, 1.165) is 47.2 Å². The van der Waals surface area contributed by atoms with E-state index in [9.17, 15) is 4.79 Å². The molecule has 0 atom stereocenters. The first-order chi connectivity index (χ1) is 15.9. The highest BCUT2D eigenvalue weighted by atomic mass is 35.5. The fourth-order valence-corrected chi connectivity index (χ4v) is 4.30. The maximum atomic E-state index is 12.8. The second kappa shape index (κ2) is 13.8. The Morgan fingerprint density at radius 1 is 1.39 bits per heavy atom. The van der Waals surface area contributed by atoms with E-state index >= 15 is 0 Å². The Bertz CT molecular complexity index is 1000. The fraction of sp³-hybridized carbons (Fsp3) is 0.333. The van der Waals surface area contributed by atoms with Crippen LogP contribution < -0.4 is 16.4 Å². The van der Waals surface area contributed by atoms with Crippen molar-refractivity contribution in [2.24, 2.45) is 17.8 Å². The van der Waals surface area contributed by atoms with Gasteiger partial charge >= 0.3 is 0 Å². The van der Waals surface area contributed by atoms with Crippen molar-refractivity contribution in [2.75, 3.05) is 37.9 Å². The first-order valence-corrected chi connectivity index (χ1v) is 12.0. The normalized spacial score (nSPS) is 13.8. The molecule has 1 aliphatic heterocycles. The van der Waals surface area contributed by atoms with Gasteiger partial charge in [-0.2, -0.15) is 0 Å². The third-order valence-corrected chi connectivity index (χ3v) is 6.47. The first kappa shape index (κ1) is 26.6. The molecule has 1 amide bonds. The lowest BCUT2D eigenvalue weighted by molar-refractivity contribution is 0.0942. The Balaban J connectivity index is 0.000000890. The van der Waals surface area contributed by atoms with Crippen molar-refractivity contribution in [1.82, 2.24) is 14.2 Å². The first-order valence-electron chi connectivity index (χ1n) is 10.7. The van der Waals surface area contributed by atoms with Crippen molar-refractivity contribution in [3.63, 3.8) is 0 Å². The van der Waals surface area contributed by atoms with Gasteiger partial charge in [0, 0.05) is 49.3 Å². The number of nitrogens with two attached hydrogens (primary N) is 1. The number of aliphatic imine (C=N–C) groups is 1. The number of nitrogens with zero attached hydrogens (tertiary/aromatic N) is 3. The van der Waals surface area contributed by atoms with Crippen molar-refractivity contribution in [3.05, 3.63) is 72.2 Å². The molecule has 7 nitrogen and oxygen atoms in total. The van der Waals surface area contributed by atoms with Crippen LogP contribution in [0.15, 0.2) is 65.2 Å². The average Bonchev–Trinajstić information content (AvgIpc) is 3.12. The Morgan fingerprint density at radius 3 is 2.79 bits per heavy atom. The minimum Gasteiger partial charge on any atom is -0.405 e. The van der Waals surface area contributed by atoms with Crippen molar-refractivity contribution < 1.29 is 4.79 Å². The minimum atomic E-state index is -0.0830. The molecule has 1 aliphatic rings. The number of rotatable bonds is 8. The smallest absolute Gasteiger partial charge is 0.268 e. The monoisotopic (exact) mass is 488 g/mol. The van der Waals surface area contributed by atoms with Crippen LogP contribution in [0, 0.1) is 6.92 Å². The van der Waals surface area contributed by atoms with E-state index in [0.29, 0.717) is 18.1 Å². The van der Waals surface area contributed by atoms with Crippen LogP contribution in [0.25, 0.3) is 0 Å². The minimum absolute atomic E-state index is 0.0830. The molecular weight excluding hydrogens is 456 g/mol. The summed E-state index contributed by atoms with van der Waals surface area (Å²) in [5.41, 5.74) is 10.2. The molecule has 33 heavy (non-hydrogen) atoms. The van der Waals surface area contributed by atoms with Gasteiger partial charge in [0.1, 0.15) is 5.69 Å². The molecule has 1 aromatic heterocycles. The van der Waals surface area contributed by atoms with Crippen LogP contribution in [-0.4, -0.2) is 53.1 Å². The summed E-state index contributed by atoms with van der Waals surface area (Å²) in [6, 6.07) is 9.92. The lowest BCUT2D eigenvalue weighted by Crippen LogP contribution is -2.30. The van der Waals surface area contributed by atoms with Crippen LogP contribution in [-0.2, 0) is 13.6 Å². The zero-order chi connectivity index (χ0) is 24.2. The zero-order valence-electron chi connectivity index (χ0n) is 19.5. The van der Waals surface area contributed by atoms with Crippen LogP contribution in [0.3, 0.4) is 0 Å². The van der Waals surface area contributed by atoms with Crippen LogP contribution in [0.1, 0.15) is 21.7 Å². The van der Waals surface area contributed by atoms with Gasteiger partial charge in [-0.05, 0) is 48.8 Å². The Morgan fingerprint density at radius 2 is 2.12 bits per heavy atom. The molecule has 2 aromatic rings. The third kappa shape index (κ3) is 7.70. The standard InChI is InChI=1S/C21H28N6OS.C3H5Cl/c1-15-20(29-27-11-10-24-17(14-27)8-9-22)12-19(26(15)3)21(28)25-13-16-6-4-5-7-18(16)23-2;1-2-3-4/h4-9,12,23H,10-11,13-14,22H2,1-3H3,(H,25,28);2H,1,3H2/b9-8-;. The highest BCUT2D eigenvalue weighted by Gasteiger charge is 2.20. The van der Waals surface area contributed by atoms with E-state index in [1.165, 1.54) is 6.20 Å². The third-order valence-electron chi connectivity index (χ3n) is 5.08. The van der Waals surface area contributed by atoms with Crippen molar-refractivity contribution in [3.8, 4) is 0 Å². The predicted octanol–water partition coefficient (Wildman–Crippen LogP) is 3.95. The summed E-state index contributed by atoms with van der Waals surface area (Å²) in [5, 5.41) is 6.19. The summed E-state index contributed by atoms with van der Waals surface area (Å²) in [4.78, 5) is 18.4. The summed E-state index contributed by atoms with van der Waals surface area (Å²) < 4.78 is 4.19. The van der Waals surface area contributed by atoms with Gasteiger partial charge in [-0.15, -0.1) is 18.2 Å². The Kier molecular flexibility index (Phi) is 11.1. The van der Waals surface area contributed by atoms with Crippen LogP contribution in [0.2, 0.25) is 0 Å². The molecule has 0 aliphatic carbocycles. The summed E-state index contributed by atoms with van der Waals surface area (Å²) in [7, 11) is 3.81. The number of para-hydroxylation sites is 1. The van der Waals surface area contributed by atoms with Gasteiger partial charge in [-0.1, -0.05) is 24.3 Å². The molecule has 4 N–H and O–H groups in total. The topological polar surface area (TPSA) is 87.7 Å². The number of hydrogen-bond donors (Lipinski definition) is 3.